The zero-order valence-corrected chi connectivity index (χ0v) is 11.9. The molecule has 112 valence electrons. The van der Waals surface area contributed by atoms with Gasteiger partial charge in [0, 0.05) is 0 Å². The fraction of sp³-hybridized carbons (Fsp3) is 0.250. The number of methoxy groups -OCH3 is 1. The Morgan fingerprint density at radius 2 is 1.95 bits per heavy atom. The van der Waals surface area contributed by atoms with E-state index in [1.807, 2.05) is 0 Å². The number of rotatable bonds is 5. The summed E-state index contributed by atoms with van der Waals surface area (Å²) in [7, 11) is 1.44. The molecule has 3 N–H and O–H groups in total. The van der Waals surface area contributed by atoms with E-state index in [1.165, 1.54) is 19.2 Å². The zero-order valence-electron chi connectivity index (χ0n) is 11.9. The predicted octanol–water partition coefficient (Wildman–Crippen LogP) is 2.86. The summed E-state index contributed by atoms with van der Waals surface area (Å²) in [5.41, 5.74) is 0.0485. The Hall–Kier alpha value is -2.27. The quantitative estimate of drug-likeness (QED) is 0.792. The Balaban J connectivity index is 2.39. The van der Waals surface area contributed by atoms with Gasteiger partial charge in [0.05, 0.1) is 24.9 Å². The molecule has 1 unspecified atom stereocenters. The highest BCUT2D eigenvalue weighted by atomic mass is 19.1. The molecule has 0 radical (unpaired) electrons. The first-order valence-corrected chi connectivity index (χ1v) is 6.51. The second-order valence-corrected chi connectivity index (χ2v) is 4.98. The Labute approximate surface area is 122 Å². The van der Waals surface area contributed by atoms with E-state index >= 15 is 0 Å². The topological polar surface area (TPSA) is 61.7 Å². The maximum atomic E-state index is 13.8. The van der Waals surface area contributed by atoms with Crippen LogP contribution in [-0.2, 0) is 5.54 Å². The standard InChI is InChI=1S/C16H18FNO3/c1-16(10-19,18-13-6-4-3-5-12(13)17)11-7-8-14(20)15(9-11)21-2/h3-9,18-20H,10H2,1-2H3. The van der Waals surface area contributed by atoms with Crippen molar-refractivity contribution in [3.8, 4) is 11.5 Å². The van der Waals surface area contributed by atoms with E-state index in [0.717, 1.165) is 0 Å². The number of phenols is 1. The summed E-state index contributed by atoms with van der Waals surface area (Å²) in [4.78, 5) is 0. The van der Waals surface area contributed by atoms with E-state index < -0.39 is 11.4 Å². The van der Waals surface area contributed by atoms with E-state index in [4.69, 9.17) is 4.74 Å². The van der Waals surface area contributed by atoms with Gasteiger partial charge in [-0.2, -0.15) is 0 Å². The lowest BCUT2D eigenvalue weighted by atomic mass is 9.92. The molecule has 0 aromatic heterocycles. The molecule has 0 heterocycles. The molecule has 2 aromatic rings. The maximum Gasteiger partial charge on any atom is 0.160 e. The van der Waals surface area contributed by atoms with Crippen molar-refractivity contribution in [3.63, 3.8) is 0 Å². The minimum Gasteiger partial charge on any atom is -0.504 e. The summed E-state index contributed by atoms with van der Waals surface area (Å²) in [5, 5.41) is 22.4. The largest absolute Gasteiger partial charge is 0.504 e. The first-order valence-electron chi connectivity index (χ1n) is 6.51. The molecule has 0 saturated heterocycles. The van der Waals surface area contributed by atoms with E-state index in [-0.39, 0.29) is 12.4 Å². The normalized spacial score (nSPS) is 13.5. The lowest BCUT2D eigenvalue weighted by Crippen LogP contribution is -2.36. The Kier molecular flexibility index (Phi) is 4.33. The maximum absolute atomic E-state index is 13.8. The zero-order chi connectivity index (χ0) is 15.5. The molecule has 21 heavy (non-hydrogen) atoms. The van der Waals surface area contributed by atoms with E-state index in [1.54, 1.807) is 37.3 Å². The smallest absolute Gasteiger partial charge is 0.160 e. The van der Waals surface area contributed by atoms with Crippen LogP contribution in [0.2, 0.25) is 0 Å². The highest BCUT2D eigenvalue weighted by molar-refractivity contribution is 5.51. The number of ether oxygens (including phenoxy) is 1. The molecule has 0 aliphatic rings. The lowest BCUT2D eigenvalue weighted by molar-refractivity contribution is 0.223. The van der Waals surface area contributed by atoms with Crippen LogP contribution in [0.4, 0.5) is 10.1 Å². The van der Waals surface area contributed by atoms with Gasteiger partial charge in [0.15, 0.2) is 11.5 Å². The Bertz CT molecular complexity index is 633. The van der Waals surface area contributed by atoms with Crippen LogP contribution < -0.4 is 10.1 Å². The van der Waals surface area contributed by atoms with Gasteiger partial charge >= 0.3 is 0 Å². The van der Waals surface area contributed by atoms with Crippen molar-refractivity contribution in [1.82, 2.24) is 0 Å². The summed E-state index contributed by atoms with van der Waals surface area (Å²) >= 11 is 0. The SMILES string of the molecule is COc1cc(C(C)(CO)Nc2ccccc2F)ccc1O. The van der Waals surface area contributed by atoms with Gasteiger partial charge in [0.1, 0.15) is 5.82 Å². The molecule has 0 fully saturated rings. The number of phenolic OH excluding ortho intramolecular Hbond substituents is 1. The second kappa shape index (κ2) is 6.01. The molecular weight excluding hydrogens is 273 g/mol. The van der Waals surface area contributed by atoms with Crippen LogP contribution >= 0.6 is 0 Å². The summed E-state index contributed by atoms with van der Waals surface area (Å²) < 4.78 is 18.8. The van der Waals surface area contributed by atoms with Crippen molar-refractivity contribution in [2.45, 2.75) is 12.5 Å². The first kappa shape index (κ1) is 15.1. The number of aromatic hydroxyl groups is 1. The molecular formula is C16H18FNO3. The Morgan fingerprint density at radius 1 is 1.24 bits per heavy atom. The third-order valence-corrected chi connectivity index (χ3v) is 3.42. The van der Waals surface area contributed by atoms with Crippen molar-refractivity contribution < 1.29 is 19.3 Å². The number of aliphatic hydroxyl groups is 1. The van der Waals surface area contributed by atoms with Gasteiger partial charge in [-0.3, -0.25) is 0 Å². The highest BCUT2D eigenvalue weighted by Crippen LogP contribution is 2.33. The molecule has 0 spiro atoms. The number of hydrogen-bond acceptors (Lipinski definition) is 4. The van der Waals surface area contributed by atoms with Gasteiger partial charge in [0.25, 0.3) is 0 Å². The van der Waals surface area contributed by atoms with Crippen LogP contribution in [0.5, 0.6) is 11.5 Å². The van der Waals surface area contributed by atoms with Crippen molar-refractivity contribution in [3.05, 3.63) is 53.8 Å². The molecule has 4 nitrogen and oxygen atoms in total. The monoisotopic (exact) mass is 291 g/mol. The number of benzene rings is 2. The molecule has 0 amide bonds. The van der Waals surface area contributed by atoms with Crippen LogP contribution in [0, 0.1) is 5.82 Å². The first-order chi connectivity index (χ1) is 10.00. The third-order valence-electron chi connectivity index (χ3n) is 3.42. The van der Waals surface area contributed by atoms with Gasteiger partial charge in [0.2, 0.25) is 0 Å². The van der Waals surface area contributed by atoms with E-state index in [9.17, 15) is 14.6 Å². The molecule has 0 bridgehead atoms. The van der Waals surface area contributed by atoms with Crippen LogP contribution in [0.3, 0.4) is 0 Å². The van der Waals surface area contributed by atoms with Gasteiger partial charge < -0.3 is 20.3 Å². The molecule has 0 aliphatic carbocycles. The number of aliphatic hydroxyl groups excluding tert-OH is 1. The summed E-state index contributed by atoms with van der Waals surface area (Å²) in [5.74, 6) is -0.0992. The third kappa shape index (κ3) is 3.08. The lowest BCUT2D eigenvalue weighted by Gasteiger charge is -2.31. The van der Waals surface area contributed by atoms with Crippen molar-refractivity contribution in [1.29, 1.82) is 0 Å². The van der Waals surface area contributed by atoms with Crippen molar-refractivity contribution in [2.24, 2.45) is 0 Å². The number of anilines is 1. The number of hydrogen-bond donors (Lipinski definition) is 3. The van der Waals surface area contributed by atoms with Gasteiger partial charge in [-0.1, -0.05) is 18.2 Å². The minimum atomic E-state index is -0.914. The predicted molar refractivity (Wildman–Crippen MR) is 79.1 cm³/mol. The molecule has 2 rings (SSSR count). The molecule has 0 saturated carbocycles. The molecule has 5 heteroatoms. The summed E-state index contributed by atoms with van der Waals surface area (Å²) in [6.07, 6.45) is 0. The van der Waals surface area contributed by atoms with Crippen molar-refractivity contribution >= 4 is 5.69 Å². The number of halogens is 1. The average Bonchev–Trinajstić information content (AvgIpc) is 2.50. The minimum absolute atomic E-state index is 0.00688. The summed E-state index contributed by atoms with van der Waals surface area (Å²) in [6, 6.07) is 11.0. The fourth-order valence-electron chi connectivity index (χ4n) is 2.08. The number of nitrogens with one attached hydrogen (secondary N) is 1. The number of para-hydroxylation sites is 1. The van der Waals surface area contributed by atoms with E-state index in [2.05, 4.69) is 5.32 Å². The van der Waals surface area contributed by atoms with Gasteiger partial charge in [-0.05, 0) is 36.8 Å². The molecule has 0 aliphatic heterocycles. The second-order valence-electron chi connectivity index (χ2n) is 4.98. The Morgan fingerprint density at radius 3 is 2.57 bits per heavy atom. The van der Waals surface area contributed by atoms with E-state index in [0.29, 0.717) is 17.0 Å². The van der Waals surface area contributed by atoms with Crippen LogP contribution in [0.25, 0.3) is 0 Å². The fourth-order valence-corrected chi connectivity index (χ4v) is 2.08. The van der Waals surface area contributed by atoms with Crippen LogP contribution in [-0.4, -0.2) is 23.9 Å². The van der Waals surface area contributed by atoms with Gasteiger partial charge in [-0.15, -0.1) is 0 Å². The molecule has 2 aromatic carbocycles. The highest BCUT2D eigenvalue weighted by Gasteiger charge is 2.27. The van der Waals surface area contributed by atoms with Crippen molar-refractivity contribution in [2.75, 3.05) is 19.0 Å². The average molecular weight is 291 g/mol. The van der Waals surface area contributed by atoms with Crippen LogP contribution in [0.15, 0.2) is 42.5 Å². The van der Waals surface area contributed by atoms with Crippen LogP contribution in [0.1, 0.15) is 12.5 Å². The van der Waals surface area contributed by atoms with Gasteiger partial charge in [-0.25, -0.2) is 4.39 Å². The summed E-state index contributed by atoms with van der Waals surface area (Å²) in [6.45, 7) is 1.49. The molecule has 1 atom stereocenters.